The first-order valence-electron chi connectivity index (χ1n) is 2.86. The molecule has 9 heavy (non-hydrogen) atoms. The molecule has 0 bridgehead atoms. The number of halogens is 1. The summed E-state index contributed by atoms with van der Waals surface area (Å²) in [4.78, 5) is 12.9. The lowest BCUT2D eigenvalue weighted by Gasteiger charge is -2.07. The Bertz CT molecular complexity index is 118. The molecule has 0 aliphatic heterocycles. The molecule has 1 unspecified atom stereocenters. The Labute approximate surface area is 59.9 Å². The van der Waals surface area contributed by atoms with Crippen molar-refractivity contribution in [2.45, 2.75) is 19.2 Å². The molecule has 0 heterocycles. The summed E-state index contributed by atoms with van der Waals surface area (Å²) in [5.74, 6) is 0.365. The van der Waals surface area contributed by atoms with E-state index in [0.717, 1.165) is 0 Å². The highest BCUT2D eigenvalue weighted by Gasteiger charge is 2.06. The zero-order valence-electron chi connectivity index (χ0n) is 5.60. The molecule has 2 nitrogen and oxygen atoms in total. The molecule has 1 atom stereocenters. The molecule has 52 valence electrons. The second-order valence-electron chi connectivity index (χ2n) is 2.19. The third-order valence-corrected chi connectivity index (χ3v) is 1.70. The van der Waals surface area contributed by atoms with Gasteiger partial charge in [0.2, 0.25) is 6.08 Å². The lowest BCUT2D eigenvalue weighted by atomic mass is 10.1. The Kier molecular flexibility index (Phi) is 4.37. The number of hydrogen-bond acceptors (Lipinski definition) is 2. The van der Waals surface area contributed by atoms with Gasteiger partial charge in [0.1, 0.15) is 0 Å². The van der Waals surface area contributed by atoms with Gasteiger partial charge < -0.3 is 0 Å². The van der Waals surface area contributed by atoms with Crippen LogP contribution < -0.4 is 0 Å². The molecule has 0 aliphatic carbocycles. The minimum absolute atomic E-state index is 0.0357. The van der Waals surface area contributed by atoms with Crippen LogP contribution >= 0.6 is 11.6 Å². The van der Waals surface area contributed by atoms with Gasteiger partial charge in [-0.05, 0) is 5.92 Å². The molecular weight excluding hydrogens is 138 g/mol. The summed E-state index contributed by atoms with van der Waals surface area (Å²) in [6.07, 6.45) is 1.44. The third-order valence-electron chi connectivity index (χ3n) is 1.05. The maximum atomic E-state index is 9.58. The van der Waals surface area contributed by atoms with E-state index in [1.807, 2.05) is 13.8 Å². The monoisotopic (exact) mass is 147 g/mol. The molecule has 0 fully saturated rings. The minimum atomic E-state index is -0.0357. The number of hydrogen-bond donors (Lipinski definition) is 0. The van der Waals surface area contributed by atoms with E-state index in [-0.39, 0.29) is 5.38 Å². The number of alkyl halides is 1. The van der Waals surface area contributed by atoms with Crippen LogP contribution in [0.25, 0.3) is 0 Å². The number of nitrogens with zero attached hydrogens (tertiary/aromatic N) is 1. The van der Waals surface area contributed by atoms with E-state index < -0.39 is 0 Å². The van der Waals surface area contributed by atoms with Crippen LogP contribution in [0, 0.1) is 5.92 Å². The van der Waals surface area contributed by atoms with Gasteiger partial charge in [0, 0.05) is 0 Å². The highest BCUT2D eigenvalue weighted by atomic mass is 35.5. The molecule has 0 spiro atoms. The number of isocyanates is 1. The molecule has 0 saturated carbocycles. The Balaban J connectivity index is 3.49. The summed E-state index contributed by atoms with van der Waals surface area (Å²) in [5.41, 5.74) is 0. The van der Waals surface area contributed by atoms with Gasteiger partial charge in [-0.3, -0.25) is 0 Å². The van der Waals surface area contributed by atoms with Crippen LogP contribution in [0.5, 0.6) is 0 Å². The van der Waals surface area contributed by atoms with Gasteiger partial charge in [0.15, 0.2) is 0 Å². The van der Waals surface area contributed by atoms with Gasteiger partial charge in [0.25, 0.3) is 0 Å². The molecule has 0 aliphatic rings. The van der Waals surface area contributed by atoms with E-state index in [0.29, 0.717) is 12.5 Å². The standard InChI is InChI=1S/C6H10ClNO/c1-5(2)6(7)3-8-4-9/h5-6H,3H2,1-2H3. The fraction of sp³-hybridized carbons (Fsp3) is 0.833. The van der Waals surface area contributed by atoms with Crippen molar-refractivity contribution in [3.63, 3.8) is 0 Å². The van der Waals surface area contributed by atoms with E-state index in [1.165, 1.54) is 6.08 Å². The maximum Gasteiger partial charge on any atom is 0.234 e. The Morgan fingerprint density at radius 1 is 1.67 bits per heavy atom. The molecule has 0 N–H and O–H groups in total. The molecule has 0 amide bonds. The van der Waals surface area contributed by atoms with Crippen molar-refractivity contribution in [3.8, 4) is 0 Å². The van der Waals surface area contributed by atoms with Crippen LogP contribution in [-0.4, -0.2) is 18.0 Å². The lowest BCUT2D eigenvalue weighted by molar-refractivity contribution is 0.557. The summed E-state index contributed by atoms with van der Waals surface area (Å²) in [5, 5.41) is -0.0357. The molecule has 0 saturated heterocycles. The van der Waals surface area contributed by atoms with E-state index in [2.05, 4.69) is 4.99 Å². The average Bonchev–Trinajstić information content (AvgIpc) is 1.82. The first-order valence-corrected chi connectivity index (χ1v) is 3.29. The van der Waals surface area contributed by atoms with Crippen molar-refractivity contribution < 1.29 is 4.79 Å². The van der Waals surface area contributed by atoms with Crippen molar-refractivity contribution in [1.82, 2.24) is 0 Å². The van der Waals surface area contributed by atoms with E-state index in [1.54, 1.807) is 0 Å². The predicted octanol–water partition coefficient (Wildman–Crippen LogP) is 1.59. The molecular formula is C6H10ClNO. The Hall–Kier alpha value is -0.330. The van der Waals surface area contributed by atoms with Gasteiger partial charge >= 0.3 is 0 Å². The SMILES string of the molecule is CC(C)C(Cl)CN=C=O. The number of rotatable bonds is 3. The topological polar surface area (TPSA) is 29.4 Å². The van der Waals surface area contributed by atoms with E-state index in [9.17, 15) is 4.79 Å². The summed E-state index contributed by atoms with van der Waals surface area (Å²) in [6, 6.07) is 0. The summed E-state index contributed by atoms with van der Waals surface area (Å²) in [6.45, 7) is 4.35. The van der Waals surface area contributed by atoms with Crippen LogP contribution in [0.3, 0.4) is 0 Å². The quantitative estimate of drug-likeness (QED) is 0.339. The normalized spacial score (nSPS) is 12.9. The second-order valence-corrected chi connectivity index (χ2v) is 2.75. The smallest absolute Gasteiger partial charge is 0.211 e. The van der Waals surface area contributed by atoms with Crippen molar-refractivity contribution in [2.75, 3.05) is 6.54 Å². The van der Waals surface area contributed by atoms with Crippen molar-refractivity contribution in [1.29, 1.82) is 0 Å². The molecule has 0 aromatic heterocycles. The minimum Gasteiger partial charge on any atom is -0.211 e. The zero-order chi connectivity index (χ0) is 7.28. The average molecular weight is 148 g/mol. The predicted molar refractivity (Wildman–Crippen MR) is 37.5 cm³/mol. The van der Waals surface area contributed by atoms with E-state index >= 15 is 0 Å². The van der Waals surface area contributed by atoms with Gasteiger partial charge in [-0.25, -0.2) is 9.79 Å². The third kappa shape index (κ3) is 4.19. The highest BCUT2D eigenvalue weighted by Crippen LogP contribution is 2.08. The Morgan fingerprint density at radius 2 is 2.22 bits per heavy atom. The molecule has 0 radical (unpaired) electrons. The van der Waals surface area contributed by atoms with Gasteiger partial charge in [-0.15, -0.1) is 11.6 Å². The molecule has 3 heteroatoms. The summed E-state index contributed by atoms with van der Waals surface area (Å²) < 4.78 is 0. The van der Waals surface area contributed by atoms with Crippen LogP contribution in [0.2, 0.25) is 0 Å². The summed E-state index contributed by atoms with van der Waals surface area (Å²) >= 11 is 5.72. The van der Waals surface area contributed by atoms with Crippen molar-refractivity contribution in [2.24, 2.45) is 10.9 Å². The van der Waals surface area contributed by atoms with Crippen LogP contribution in [0.1, 0.15) is 13.8 Å². The highest BCUT2D eigenvalue weighted by molar-refractivity contribution is 6.21. The van der Waals surface area contributed by atoms with Crippen LogP contribution in [0.4, 0.5) is 0 Å². The van der Waals surface area contributed by atoms with Gasteiger partial charge in [-0.1, -0.05) is 13.8 Å². The largest absolute Gasteiger partial charge is 0.234 e. The van der Waals surface area contributed by atoms with E-state index in [4.69, 9.17) is 11.6 Å². The lowest BCUT2D eigenvalue weighted by Crippen LogP contribution is -2.10. The Morgan fingerprint density at radius 3 is 2.56 bits per heavy atom. The molecule has 0 aromatic carbocycles. The van der Waals surface area contributed by atoms with Crippen molar-refractivity contribution >= 4 is 17.7 Å². The number of aliphatic imine (C=N–C) groups is 1. The fourth-order valence-corrected chi connectivity index (χ4v) is 0.404. The maximum absolute atomic E-state index is 9.58. The van der Waals surface area contributed by atoms with Gasteiger partial charge in [0.05, 0.1) is 11.9 Å². The van der Waals surface area contributed by atoms with Gasteiger partial charge in [-0.2, -0.15) is 0 Å². The zero-order valence-corrected chi connectivity index (χ0v) is 6.35. The van der Waals surface area contributed by atoms with Crippen LogP contribution in [0.15, 0.2) is 4.99 Å². The first kappa shape index (κ1) is 8.67. The molecule has 0 rings (SSSR count). The fourth-order valence-electron chi connectivity index (χ4n) is 0.335. The second kappa shape index (κ2) is 4.54. The first-order chi connectivity index (χ1) is 4.18. The van der Waals surface area contributed by atoms with Crippen LogP contribution in [-0.2, 0) is 4.79 Å². The van der Waals surface area contributed by atoms with Crippen molar-refractivity contribution in [3.05, 3.63) is 0 Å². The number of carbonyl (C=O) groups excluding carboxylic acids is 1. The summed E-state index contributed by atoms with van der Waals surface area (Å²) in [7, 11) is 0. The molecule has 0 aromatic rings.